The number of rotatable bonds is 1. The second-order valence-corrected chi connectivity index (χ2v) is 3.29. The van der Waals surface area contributed by atoms with Crippen LogP contribution in [0.1, 0.15) is 6.42 Å². The van der Waals surface area contributed by atoms with Gasteiger partial charge in [-0.05, 0) is 13.0 Å². The summed E-state index contributed by atoms with van der Waals surface area (Å²) >= 11 is 0. The molecule has 0 aromatic rings. The Kier molecular flexibility index (Phi) is 2.41. The molecule has 3 heteroatoms. The minimum atomic E-state index is 0.791. The smallest absolute Gasteiger partial charge is 0.0594 e. The van der Waals surface area contributed by atoms with Crippen LogP contribution in [0.25, 0.3) is 0 Å². The molecule has 1 N–H and O–H groups in total. The first kappa shape index (κ1) is 7.53. The molecular formula is C8H16N2O. The molecule has 0 aromatic carbocycles. The number of nitrogens with zero attached hydrogens (tertiary/aromatic N) is 1. The molecule has 2 rings (SSSR count). The average molecular weight is 156 g/mol. The summed E-state index contributed by atoms with van der Waals surface area (Å²) in [5.74, 6) is 0. The average Bonchev–Trinajstić information content (AvgIpc) is 2.58. The molecule has 0 radical (unpaired) electrons. The molecular weight excluding hydrogens is 140 g/mol. The molecule has 11 heavy (non-hydrogen) atoms. The van der Waals surface area contributed by atoms with Crippen molar-refractivity contribution in [3.8, 4) is 0 Å². The third kappa shape index (κ3) is 1.72. The summed E-state index contributed by atoms with van der Waals surface area (Å²) in [5.41, 5.74) is 0. The highest BCUT2D eigenvalue weighted by Crippen LogP contribution is 2.09. The van der Waals surface area contributed by atoms with Gasteiger partial charge in [-0.1, -0.05) is 0 Å². The first-order valence-corrected chi connectivity index (χ1v) is 4.49. The van der Waals surface area contributed by atoms with Gasteiger partial charge < -0.3 is 10.1 Å². The van der Waals surface area contributed by atoms with Crippen LogP contribution in [-0.4, -0.2) is 50.3 Å². The molecule has 0 bridgehead atoms. The molecule has 0 saturated carbocycles. The van der Waals surface area contributed by atoms with Crippen LogP contribution in [-0.2, 0) is 4.74 Å². The zero-order valence-corrected chi connectivity index (χ0v) is 6.88. The fraction of sp³-hybridized carbons (Fsp3) is 1.00. The van der Waals surface area contributed by atoms with Gasteiger partial charge in [0.25, 0.3) is 0 Å². The van der Waals surface area contributed by atoms with E-state index in [9.17, 15) is 0 Å². The maximum atomic E-state index is 5.30. The molecule has 3 nitrogen and oxygen atoms in total. The van der Waals surface area contributed by atoms with Crippen molar-refractivity contribution >= 4 is 0 Å². The van der Waals surface area contributed by atoms with Gasteiger partial charge in [0.1, 0.15) is 0 Å². The fourth-order valence-electron chi connectivity index (χ4n) is 1.89. The molecule has 0 aliphatic carbocycles. The Morgan fingerprint density at radius 3 is 2.73 bits per heavy atom. The number of hydrogen-bond acceptors (Lipinski definition) is 3. The lowest BCUT2D eigenvalue weighted by molar-refractivity contribution is 0.0206. The molecule has 1 atom stereocenters. The summed E-state index contributed by atoms with van der Waals surface area (Å²) in [4.78, 5) is 2.55. The van der Waals surface area contributed by atoms with Crippen molar-refractivity contribution in [1.29, 1.82) is 0 Å². The van der Waals surface area contributed by atoms with E-state index in [4.69, 9.17) is 4.74 Å². The van der Waals surface area contributed by atoms with Crippen LogP contribution in [0.2, 0.25) is 0 Å². The van der Waals surface area contributed by atoms with E-state index in [2.05, 4.69) is 10.2 Å². The van der Waals surface area contributed by atoms with Crippen LogP contribution in [0.4, 0.5) is 0 Å². The number of ether oxygens (including phenoxy) is 1. The van der Waals surface area contributed by atoms with Crippen LogP contribution in [0.5, 0.6) is 0 Å². The van der Waals surface area contributed by atoms with Gasteiger partial charge >= 0.3 is 0 Å². The van der Waals surface area contributed by atoms with Gasteiger partial charge in [0.05, 0.1) is 13.2 Å². The van der Waals surface area contributed by atoms with Crippen molar-refractivity contribution in [2.75, 3.05) is 39.4 Å². The third-order valence-corrected chi connectivity index (χ3v) is 2.60. The summed E-state index contributed by atoms with van der Waals surface area (Å²) < 4.78 is 5.30. The zero-order valence-electron chi connectivity index (χ0n) is 6.88. The zero-order chi connectivity index (χ0) is 7.52. The first-order chi connectivity index (χ1) is 5.47. The monoisotopic (exact) mass is 156 g/mol. The van der Waals surface area contributed by atoms with Crippen LogP contribution in [0.3, 0.4) is 0 Å². The van der Waals surface area contributed by atoms with Gasteiger partial charge in [-0.3, -0.25) is 4.90 Å². The van der Waals surface area contributed by atoms with Crippen LogP contribution >= 0.6 is 0 Å². The third-order valence-electron chi connectivity index (χ3n) is 2.60. The lowest BCUT2D eigenvalue weighted by Crippen LogP contribution is -2.44. The largest absolute Gasteiger partial charge is 0.379 e. The Bertz CT molecular complexity index is 117. The molecule has 0 spiro atoms. The van der Waals surface area contributed by atoms with Crippen molar-refractivity contribution < 1.29 is 4.74 Å². The van der Waals surface area contributed by atoms with Crippen molar-refractivity contribution in [2.45, 2.75) is 12.5 Å². The molecule has 64 valence electrons. The standard InChI is InChI=1S/C8H16N2O/c1-2-9-7-8(1)10-3-5-11-6-4-10/h8-9H,1-7H2/t8-/m1/s1. The van der Waals surface area contributed by atoms with E-state index in [0.29, 0.717) is 0 Å². The van der Waals surface area contributed by atoms with Crippen LogP contribution in [0.15, 0.2) is 0 Å². The lowest BCUT2D eigenvalue weighted by atomic mass is 10.2. The molecule has 2 saturated heterocycles. The Labute approximate surface area is 67.7 Å². The minimum Gasteiger partial charge on any atom is -0.379 e. The summed E-state index contributed by atoms with van der Waals surface area (Å²) in [6.07, 6.45) is 1.32. The first-order valence-electron chi connectivity index (χ1n) is 4.49. The maximum absolute atomic E-state index is 5.30. The van der Waals surface area contributed by atoms with Gasteiger partial charge in [0.2, 0.25) is 0 Å². The summed E-state index contributed by atoms with van der Waals surface area (Å²) in [7, 11) is 0. The molecule has 2 aliphatic heterocycles. The predicted molar refractivity (Wildman–Crippen MR) is 43.7 cm³/mol. The van der Waals surface area contributed by atoms with Crippen molar-refractivity contribution in [3.05, 3.63) is 0 Å². The van der Waals surface area contributed by atoms with Crippen molar-refractivity contribution in [3.63, 3.8) is 0 Å². The van der Waals surface area contributed by atoms with Crippen LogP contribution < -0.4 is 5.32 Å². The van der Waals surface area contributed by atoms with Crippen molar-refractivity contribution in [2.24, 2.45) is 0 Å². The topological polar surface area (TPSA) is 24.5 Å². The van der Waals surface area contributed by atoms with Crippen LogP contribution in [0, 0.1) is 0 Å². The number of nitrogens with one attached hydrogen (secondary N) is 1. The Morgan fingerprint density at radius 2 is 2.09 bits per heavy atom. The van der Waals surface area contributed by atoms with Gasteiger partial charge in [-0.25, -0.2) is 0 Å². The molecule has 0 amide bonds. The van der Waals surface area contributed by atoms with E-state index < -0.39 is 0 Å². The maximum Gasteiger partial charge on any atom is 0.0594 e. The van der Waals surface area contributed by atoms with Gasteiger partial charge in [0, 0.05) is 25.7 Å². The quantitative estimate of drug-likeness (QED) is 0.563. The predicted octanol–water partition coefficient (Wildman–Crippen LogP) is -0.319. The SMILES string of the molecule is C1C[C@@H](N2CCOCC2)CN1. The van der Waals surface area contributed by atoms with E-state index in [0.717, 1.165) is 32.3 Å². The fourth-order valence-corrected chi connectivity index (χ4v) is 1.89. The normalized spacial score (nSPS) is 34.4. The van der Waals surface area contributed by atoms with E-state index in [-0.39, 0.29) is 0 Å². The van der Waals surface area contributed by atoms with Gasteiger partial charge in [0.15, 0.2) is 0 Å². The summed E-state index contributed by atoms with van der Waals surface area (Å²) in [6, 6.07) is 0.791. The van der Waals surface area contributed by atoms with Gasteiger partial charge in [-0.15, -0.1) is 0 Å². The van der Waals surface area contributed by atoms with E-state index in [1.54, 1.807) is 0 Å². The Balaban J connectivity index is 1.82. The lowest BCUT2D eigenvalue weighted by Gasteiger charge is -2.31. The summed E-state index contributed by atoms with van der Waals surface area (Å²) in [6.45, 7) is 6.49. The van der Waals surface area contributed by atoms with Crippen molar-refractivity contribution in [1.82, 2.24) is 10.2 Å². The molecule has 0 aromatic heterocycles. The molecule has 2 heterocycles. The Morgan fingerprint density at radius 1 is 1.27 bits per heavy atom. The summed E-state index contributed by atoms with van der Waals surface area (Å²) in [5, 5.41) is 3.39. The molecule has 2 aliphatic rings. The van der Waals surface area contributed by atoms with E-state index in [1.807, 2.05) is 0 Å². The highest BCUT2D eigenvalue weighted by molar-refractivity contribution is 4.81. The molecule has 0 unspecified atom stereocenters. The molecule has 2 fully saturated rings. The van der Waals surface area contributed by atoms with Gasteiger partial charge in [-0.2, -0.15) is 0 Å². The minimum absolute atomic E-state index is 0.791. The Hall–Kier alpha value is -0.120. The second-order valence-electron chi connectivity index (χ2n) is 3.29. The number of morpholine rings is 1. The van der Waals surface area contributed by atoms with E-state index >= 15 is 0 Å². The highest BCUT2D eigenvalue weighted by Gasteiger charge is 2.23. The van der Waals surface area contributed by atoms with E-state index in [1.165, 1.54) is 19.5 Å². The number of hydrogen-bond donors (Lipinski definition) is 1. The highest BCUT2D eigenvalue weighted by atomic mass is 16.5. The second kappa shape index (κ2) is 3.52.